The zero-order valence-corrected chi connectivity index (χ0v) is 14.0. The molecule has 0 amide bonds. The van der Waals surface area contributed by atoms with Crippen molar-refractivity contribution in [1.82, 2.24) is 5.32 Å². The first kappa shape index (κ1) is 15.8. The minimum atomic E-state index is 0.291. The van der Waals surface area contributed by atoms with Gasteiger partial charge in [-0.3, -0.25) is 0 Å². The summed E-state index contributed by atoms with van der Waals surface area (Å²) in [6.45, 7) is 3.64. The van der Waals surface area contributed by atoms with E-state index in [4.69, 9.17) is 9.47 Å². The number of fused-ring (bicyclic) bond motifs is 1. The van der Waals surface area contributed by atoms with Crippen LogP contribution in [0.4, 0.5) is 0 Å². The van der Waals surface area contributed by atoms with Crippen LogP contribution in [0.2, 0.25) is 0 Å². The Morgan fingerprint density at radius 1 is 0.857 bits per heavy atom. The Hall–Kier alpha value is -0.120. The highest BCUT2D eigenvalue weighted by molar-refractivity contribution is 4.98. The second-order valence-corrected chi connectivity index (χ2v) is 7.74. The van der Waals surface area contributed by atoms with Gasteiger partial charge in [-0.1, -0.05) is 19.8 Å². The highest BCUT2D eigenvalue weighted by Gasteiger charge is 2.45. The lowest BCUT2D eigenvalue weighted by atomic mass is 9.64. The molecule has 0 spiro atoms. The molecular weight excluding hydrogens is 262 g/mol. The van der Waals surface area contributed by atoms with E-state index in [1.807, 2.05) is 14.2 Å². The molecule has 7 unspecified atom stereocenters. The molecule has 3 fully saturated rings. The molecule has 0 aromatic rings. The molecular formula is C18H33NO2. The number of ether oxygens (including phenoxy) is 2. The van der Waals surface area contributed by atoms with Gasteiger partial charge in [0.05, 0.1) is 12.2 Å². The van der Waals surface area contributed by atoms with E-state index in [1.54, 1.807) is 0 Å². The summed E-state index contributed by atoms with van der Waals surface area (Å²) in [7, 11) is 3.70. The average molecular weight is 295 g/mol. The standard InChI is InChI=1S/C18H33NO2/c1-12-5-4-6-14(9-12)18-15-11-17(21-3)16(20-2)10-13(15)7-8-19-18/h12-19H,4-11H2,1-3H3. The molecule has 0 aromatic carbocycles. The fraction of sp³-hybridized carbons (Fsp3) is 1.00. The zero-order valence-electron chi connectivity index (χ0n) is 14.0. The van der Waals surface area contributed by atoms with Gasteiger partial charge < -0.3 is 14.8 Å². The van der Waals surface area contributed by atoms with Gasteiger partial charge in [0, 0.05) is 20.3 Å². The molecule has 1 heterocycles. The quantitative estimate of drug-likeness (QED) is 0.867. The fourth-order valence-electron chi connectivity index (χ4n) is 5.42. The number of nitrogens with one attached hydrogen (secondary N) is 1. The zero-order chi connectivity index (χ0) is 14.8. The predicted molar refractivity (Wildman–Crippen MR) is 85.3 cm³/mol. The third-order valence-electron chi connectivity index (χ3n) is 6.51. The predicted octanol–water partition coefficient (Wildman–Crippen LogP) is 3.23. The van der Waals surface area contributed by atoms with E-state index in [9.17, 15) is 0 Å². The molecule has 122 valence electrons. The lowest BCUT2D eigenvalue weighted by Crippen LogP contribution is -2.56. The molecule has 0 bridgehead atoms. The van der Waals surface area contributed by atoms with Crippen LogP contribution in [0, 0.1) is 23.7 Å². The van der Waals surface area contributed by atoms with E-state index in [2.05, 4.69) is 12.2 Å². The van der Waals surface area contributed by atoms with Crippen molar-refractivity contribution >= 4 is 0 Å². The molecule has 3 aliphatic rings. The second kappa shape index (κ2) is 6.97. The number of hydrogen-bond donors (Lipinski definition) is 1. The molecule has 3 rings (SSSR count). The Morgan fingerprint density at radius 3 is 2.33 bits per heavy atom. The molecule has 0 aromatic heterocycles. The molecule has 3 nitrogen and oxygen atoms in total. The van der Waals surface area contributed by atoms with Crippen molar-refractivity contribution in [2.75, 3.05) is 20.8 Å². The first-order valence-electron chi connectivity index (χ1n) is 9.02. The molecule has 3 heteroatoms. The Balaban J connectivity index is 1.70. The summed E-state index contributed by atoms with van der Waals surface area (Å²) in [5.41, 5.74) is 0. The molecule has 0 radical (unpaired) electrons. The first-order valence-corrected chi connectivity index (χ1v) is 9.02. The fourth-order valence-corrected chi connectivity index (χ4v) is 5.42. The molecule has 7 atom stereocenters. The smallest absolute Gasteiger partial charge is 0.0836 e. The Kier molecular flexibility index (Phi) is 5.23. The highest BCUT2D eigenvalue weighted by Crippen LogP contribution is 2.44. The van der Waals surface area contributed by atoms with E-state index in [1.165, 1.54) is 51.5 Å². The van der Waals surface area contributed by atoms with Crippen LogP contribution in [0.5, 0.6) is 0 Å². The summed E-state index contributed by atoms with van der Waals surface area (Å²) in [5, 5.41) is 3.89. The van der Waals surface area contributed by atoms with Crippen LogP contribution < -0.4 is 5.32 Å². The normalized spacial score (nSPS) is 47.9. The van der Waals surface area contributed by atoms with Crippen LogP contribution in [-0.2, 0) is 9.47 Å². The maximum atomic E-state index is 5.75. The minimum Gasteiger partial charge on any atom is -0.379 e. The maximum absolute atomic E-state index is 5.75. The van der Waals surface area contributed by atoms with Gasteiger partial charge in [0.25, 0.3) is 0 Å². The van der Waals surface area contributed by atoms with Crippen molar-refractivity contribution in [2.24, 2.45) is 23.7 Å². The molecule has 1 aliphatic heterocycles. The van der Waals surface area contributed by atoms with Gasteiger partial charge in [0.15, 0.2) is 0 Å². The van der Waals surface area contributed by atoms with Gasteiger partial charge in [-0.15, -0.1) is 0 Å². The van der Waals surface area contributed by atoms with Crippen molar-refractivity contribution < 1.29 is 9.47 Å². The monoisotopic (exact) mass is 295 g/mol. The van der Waals surface area contributed by atoms with Crippen molar-refractivity contribution in [1.29, 1.82) is 0 Å². The van der Waals surface area contributed by atoms with Gasteiger partial charge in [-0.05, 0) is 62.3 Å². The van der Waals surface area contributed by atoms with E-state index < -0.39 is 0 Å². The van der Waals surface area contributed by atoms with Crippen molar-refractivity contribution in [3.63, 3.8) is 0 Å². The van der Waals surface area contributed by atoms with E-state index in [-0.39, 0.29) is 0 Å². The van der Waals surface area contributed by atoms with E-state index >= 15 is 0 Å². The molecule has 2 saturated carbocycles. The summed E-state index contributed by atoms with van der Waals surface area (Å²) in [5.74, 6) is 3.44. The summed E-state index contributed by atoms with van der Waals surface area (Å²) >= 11 is 0. The Labute approximate surface area is 130 Å². The van der Waals surface area contributed by atoms with Crippen molar-refractivity contribution in [2.45, 2.75) is 70.1 Å². The molecule has 1 saturated heterocycles. The molecule has 2 aliphatic carbocycles. The third kappa shape index (κ3) is 3.30. The molecule has 1 N–H and O–H groups in total. The maximum Gasteiger partial charge on any atom is 0.0836 e. The van der Waals surface area contributed by atoms with Crippen LogP contribution in [0.15, 0.2) is 0 Å². The van der Waals surface area contributed by atoms with Gasteiger partial charge in [0.1, 0.15) is 0 Å². The van der Waals surface area contributed by atoms with Crippen LogP contribution in [0.3, 0.4) is 0 Å². The summed E-state index contributed by atoms with van der Waals surface area (Å²) in [4.78, 5) is 0. The number of hydrogen-bond acceptors (Lipinski definition) is 3. The average Bonchev–Trinajstić information content (AvgIpc) is 2.52. The van der Waals surface area contributed by atoms with Crippen LogP contribution in [0.1, 0.15) is 51.9 Å². The third-order valence-corrected chi connectivity index (χ3v) is 6.51. The van der Waals surface area contributed by atoms with Gasteiger partial charge in [-0.25, -0.2) is 0 Å². The minimum absolute atomic E-state index is 0.291. The van der Waals surface area contributed by atoms with Crippen molar-refractivity contribution in [3.8, 4) is 0 Å². The summed E-state index contributed by atoms with van der Waals surface area (Å²) in [6, 6.07) is 0.724. The van der Waals surface area contributed by atoms with Crippen molar-refractivity contribution in [3.05, 3.63) is 0 Å². The van der Waals surface area contributed by atoms with Crippen LogP contribution in [-0.4, -0.2) is 39.0 Å². The Morgan fingerprint density at radius 2 is 1.62 bits per heavy atom. The van der Waals surface area contributed by atoms with Gasteiger partial charge in [-0.2, -0.15) is 0 Å². The van der Waals surface area contributed by atoms with Crippen LogP contribution >= 0.6 is 0 Å². The second-order valence-electron chi connectivity index (χ2n) is 7.74. The first-order chi connectivity index (χ1) is 10.2. The lowest BCUT2D eigenvalue weighted by Gasteiger charge is -2.50. The topological polar surface area (TPSA) is 30.5 Å². The van der Waals surface area contributed by atoms with E-state index in [0.717, 1.165) is 29.7 Å². The molecule has 21 heavy (non-hydrogen) atoms. The highest BCUT2D eigenvalue weighted by atomic mass is 16.5. The lowest BCUT2D eigenvalue weighted by molar-refractivity contribution is -0.103. The SMILES string of the molecule is COC1CC2CCNC(C3CCCC(C)C3)C2CC1OC. The number of piperidine rings is 1. The number of methoxy groups -OCH3 is 2. The van der Waals surface area contributed by atoms with Gasteiger partial charge >= 0.3 is 0 Å². The van der Waals surface area contributed by atoms with E-state index in [0.29, 0.717) is 12.2 Å². The van der Waals surface area contributed by atoms with Crippen LogP contribution in [0.25, 0.3) is 0 Å². The largest absolute Gasteiger partial charge is 0.379 e. The Bertz CT molecular complexity index is 335. The summed E-state index contributed by atoms with van der Waals surface area (Å²) in [6.07, 6.45) is 10.0. The summed E-state index contributed by atoms with van der Waals surface area (Å²) < 4.78 is 11.4. The van der Waals surface area contributed by atoms with Gasteiger partial charge in [0.2, 0.25) is 0 Å². The number of rotatable bonds is 3.